The number of anilines is 2. The number of pyridine rings is 1. The molecular formula is C37H52N6O4. The van der Waals surface area contributed by atoms with Crippen molar-refractivity contribution in [3.05, 3.63) is 77.4 Å². The number of carbonyl (C=O) groups is 2. The highest BCUT2D eigenvalue weighted by Gasteiger charge is 2.29. The lowest BCUT2D eigenvalue weighted by molar-refractivity contribution is -0.157. The van der Waals surface area contributed by atoms with Gasteiger partial charge in [0.2, 0.25) is 0 Å². The van der Waals surface area contributed by atoms with Gasteiger partial charge in [0.25, 0.3) is 0 Å². The summed E-state index contributed by atoms with van der Waals surface area (Å²) in [5.41, 5.74) is 3.12. The van der Waals surface area contributed by atoms with Crippen LogP contribution in [0.2, 0.25) is 0 Å². The lowest BCUT2D eigenvalue weighted by Crippen LogP contribution is -2.44. The number of nitrogens with one attached hydrogen (secondary N) is 2. The molecule has 1 aromatic carbocycles. The number of hydrogen-bond donors (Lipinski definition) is 2. The second-order valence-electron chi connectivity index (χ2n) is 13.4. The first kappa shape index (κ1) is 35.6. The van der Waals surface area contributed by atoms with E-state index in [2.05, 4.69) is 57.5 Å². The summed E-state index contributed by atoms with van der Waals surface area (Å²) in [6.45, 7) is 14.7. The van der Waals surface area contributed by atoms with Crippen molar-refractivity contribution in [3.8, 4) is 0 Å². The van der Waals surface area contributed by atoms with Crippen molar-refractivity contribution < 1.29 is 19.1 Å². The van der Waals surface area contributed by atoms with E-state index in [4.69, 9.17) is 14.5 Å². The van der Waals surface area contributed by atoms with Crippen molar-refractivity contribution in [2.45, 2.75) is 104 Å². The molecule has 1 amide bonds. The lowest BCUT2D eigenvalue weighted by Gasteiger charge is -2.33. The smallest absolute Gasteiger partial charge is 0.408 e. The maximum atomic E-state index is 13.1. The Bertz CT molecular complexity index is 1430. The zero-order valence-electron chi connectivity index (χ0n) is 28.9. The molecule has 1 saturated heterocycles. The summed E-state index contributed by atoms with van der Waals surface area (Å²) >= 11 is 0. The summed E-state index contributed by atoms with van der Waals surface area (Å²) in [5, 5.41) is 6.26. The van der Waals surface area contributed by atoms with Gasteiger partial charge >= 0.3 is 12.1 Å². The van der Waals surface area contributed by atoms with Gasteiger partial charge in [-0.2, -0.15) is 0 Å². The molecule has 3 heterocycles. The SMILES string of the molecule is CCC(CC)CNc1cccc(C2CCN(c3ncnc(CCC(NC(=O)OCc4ccccc4)C(=O)OC(C)(C)C)c3C)CC2)n1. The third kappa shape index (κ3) is 10.9. The fourth-order valence-corrected chi connectivity index (χ4v) is 5.85. The number of aryl methyl sites for hydroxylation is 1. The number of aromatic nitrogens is 3. The van der Waals surface area contributed by atoms with Crippen LogP contribution in [0.1, 0.15) is 95.2 Å². The number of ether oxygens (including phenoxy) is 2. The predicted molar refractivity (Wildman–Crippen MR) is 185 cm³/mol. The van der Waals surface area contributed by atoms with Gasteiger partial charge < -0.3 is 25.0 Å². The zero-order chi connectivity index (χ0) is 33.8. The highest BCUT2D eigenvalue weighted by molar-refractivity contribution is 5.81. The van der Waals surface area contributed by atoms with Crippen LogP contribution in [0.25, 0.3) is 0 Å². The molecule has 254 valence electrons. The van der Waals surface area contributed by atoms with Crippen molar-refractivity contribution in [2.75, 3.05) is 29.9 Å². The number of rotatable bonds is 14. The first-order valence-corrected chi connectivity index (χ1v) is 17.0. The number of esters is 1. The molecule has 0 bridgehead atoms. The van der Waals surface area contributed by atoms with Crippen molar-refractivity contribution in [1.29, 1.82) is 0 Å². The van der Waals surface area contributed by atoms with Gasteiger partial charge in [0, 0.05) is 42.5 Å². The van der Waals surface area contributed by atoms with Crippen LogP contribution in [0.3, 0.4) is 0 Å². The van der Waals surface area contributed by atoms with E-state index in [1.165, 1.54) is 0 Å². The number of carbonyl (C=O) groups excluding carboxylic acids is 2. The molecule has 1 aliphatic rings. The van der Waals surface area contributed by atoms with E-state index in [0.717, 1.165) is 79.5 Å². The van der Waals surface area contributed by atoms with Gasteiger partial charge in [-0.3, -0.25) is 0 Å². The van der Waals surface area contributed by atoms with Crippen LogP contribution in [0.5, 0.6) is 0 Å². The summed E-state index contributed by atoms with van der Waals surface area (Å²) in [6.07, 6.45) is 5.98. The van der Waals surface area contributed by atoms with Gasteiger partial charge in [0.05, 0.1) is 0 Å². The molecule has 10 heteroatoms. The van der Waals surface area contributed by atoms with Gasteiger partial charge in [-0.1, -0.05) is 63.1 Å². The normalized spacial score (nSPS) is 14.5. The minimum atomic E-state index is -0.890. The Kier molecular flexibility index (Phi) is 13.0. The molecule has 2 aromatic heterocycles. The Morgan fingerprint density at radius 2 is 1.72 bits per heavy atom. The van der Waals surface area contributed by atoms with E-state index in [-0.39, 0.29) is 6.61 Å². The molecule has 0 saturated carbocycles. The van der Waals surface area contributed by atoms with Crippen LogP contribution in [0.15, 0.2) is 54.9 Å². The Labute approximate surface area is 280 Å². The summed E-state index contributed by atoms with van der Waals surface area (Å²) in [5.74, 6) is 2.41. The van der Waals surface area contributed by atoms with Crippen LogP contribution < -0.4 is 15.5 Å². The van der Waals surface area contributed by atoms with Crippen molar-refractivity contribution >= 4 is 23.7 Å². The van der Waals surface area contributed by atoms with Crippen LogP contribution >= 0.6 is 0 Å². The van der Waals surface area contributed by atoms with Crippen LogP contribution in [-0.4, -0.2) is 58.3 Å². The first-order chi connectivity index (χ1) is 22.6. The maximum Gasteiger partial charge on any atom is 0.408 e. The molecule has 10 nitrogen and oxygen atoms in total. The number of nitrogens with zero attached hydrogens (tertiary/aromatic N) is 4. The summed E-state index contributed by atoms with van der Waals surface area (Å²) in [7, 11) is 0. The minimum Gasteiger partial charge on any atom is -0.458 e. The third-order valence-electron chi connectivity index (χ3n) is 8.74. The fourth-order valence-electron chi connectivity index (χ4n) is 5.85. The Morgan fingerprint density at radius 1 is 1.00 bits per heavy atom. The second-order valence-corrected chi connectivity index (χ2v) is 13.4. The average Bonchev–Trinajstić information content (AvgIpc) is 3.06. The zero-order valence-corrected chi connectivity index (χ0v) is 28.9. The highest BCUT2D eigenvalue weighted by atomic mass is 16.6. The summed E-state index contributed by atoms with van der Waals surface area (Å²) < 4.78 is 11.0. The third-order valence-corrected chi connectivity index (χ3v) is 8.74. The molecule has 47 heavy (non-hydrogen) atoms. The monoisotopic (exact) mass is 644 g/mol. The summed E-state index contributed by atoms with van der Waals surface area (Å²) in [6, 6.07) is 14.8. The molecule has 1 fully saturated rings. The number of piperidine rings is 1. The Morgan fingerprint density at radius 3 is 2.40 bits per heavy atom. The molecular weight excluding hydrogens is 592 g/mol. The van der Waals surface area contributed by atoms with Gasteiger partial charge in [0.1, 0.15) is 36.2 Å². The molecule has 1 unspecified atom stereocenters. The number of benzene rings is 1. The topological polar surface area (TPSA) is 119 Å². The molecule has 0 spiro atoms. The molecule has 1 aliphatic heterocycles. The largest absolute Gasteiger partial charge is 0.458 e. The lowest BCUT2D eigenvalue weighted by atomic mass is 9.92. The minimum absolute atomic E-state index is 0.107. The number of alkyl carbamates (subject to hydrolysis) is 1. The highest BCUT2D eigenvalue weighted by Crippen LogP contribution is 2.31. The molecule has 0 aliphatic carbocycles. The molecule has 1 atom stereocenters. The van der Waals surface area contributed by atoms with Gasteiger partial charge in [0.15, 0.2) is 0 Å². The van der Waals surface area contributed by atoms with Gasteiger partial charge in [-0.05, 0) is 77.0 Å². The maximum absolute atomic E-state index is 13.1. The first-order valence-electron chi connectivity index (χ1n) is 17.0. The number of hydrogen-bond acceptors (Lipinski definition) is 9. The molecule has 0 radical (unpaired) electrons. The van der Waals surface area contributed by atoms with Crippen molar-refractivity contribution in [2.24, 2.45) is 5.92 Å². The Hall–Kier alpha value is -4.21. The van der Waals surface area contributed by atoms with E-state index >= 15 is 0 Å². The van der Waals surface area contributed by atoms with Crippen LogP contribution in [-0.2, 0) is 27.3 Å². The van der Waals surface area contributed by atoms with Crippen LogP contribution in [0.4, 0.5) is 16.4 Å². The van der Waals surface area contributed by atoms with E-state index in [1.807, 2.05) is 37.3 Å². The average molecular weight is 645 g/mol. The predicted octanol–water partition coefficient (Wildman–Crippen LogP) is 6.98. The van der Waals surface area contributed by atoms with Crippen molar-refractivity contribution in [1.82, 2.24) is 20.3 Å². The fraction of sp³-hybridized carbons (Fsp3) is 0.541. The molecule has 3 aromatic rings. The van der Waals surface area contributed by atoms with E-state index in [1.54, 1.807) is 27.1 Å². The second kappa shape index (κ2) is 17.1. The number of amides is 1. The van der Waals surface area contributed by atoms with Gasteiger partial charge in [-0.15, -0.1) is 0 Å². The van der Waals surface area contributed by atoms with E-state index < -0.39 is 23.7 Å². The quantitative estimate of drug-likeness (QED) is 0.179. The van der Waals surface area contributed by atoms with Crippen molar-refractivity contribution in [3.63, 3.8) is 0 Å². The standard InChI is InChI=1S/C37H52N6O4/c1-7-27(8-2)23-38-33-16-12-15-31(41-33)29-19-21-43(22-20-29)34-26(3)30(39-25-40-34)17-18-32(35(44)47-37(4,5)6)42-36(45)46-24-28-13-10-9-11-14-28/h9-16,25,27,29,32H,7-8,17-24H2,1-6H3,(H,38,41)(H,42,45). The molecule has 2 N–H and O–H groups in total. The van der Waals surface area contributed by atoms with Crippen LogP contribution in [0, 0.1) is 12.8 Å². The molecule has 4 rings (SSSR count). The van der Waals surface area contributed by atoms with E-state index in [9.17, 15) is 9.59 Å². The Balaban J connectivity index is 1.36. The van der Waals surface area contributed by atoms with Gasteiger partial charge in [-0.25, -0.2) is 24.5 Å². The summed E-state index contributed by atoms with van der Waals surface area (Å²) in [4.78, 5) is 42.3. The van der Waals surface area contributed by atoms with E-state index in [0.29, 0.717) is 24.7 Å².